The van der Waals surface area contributed by atoms with Gasteiger partial charge < -0.3 is 9.47 Å². The first-order valence-corrected chi connectivity index (χ1v) is 7.79. The third-order valence-corrected chi connectivity index (χ3v) is 3.80. The summed E-state index contributed by atoms with van der Waals surface area (Å²) in [6.45, 7) is 3.51. The number of hydrogen-bond donors (Lipinski definition) is 0. The van der Waals surface area contributed by atoms with Gasteiger partial charge in [-0.15, -0.1) is 16.4 Å². The van der Waals surface area contributed by atoms with Crippen molar-refractivity contribution >= 4 is 17.3 Å². The molecule has 7 heteroatoms. The molecule has 0 aliphatic heterocycles. The van der Waals surface area contributed by atoms with E-state index in [-0.39, 0.29) is 5.69 Å². The molecule has 0 spiro atoms. The zero-order valence-electron chi connectivity index (χ0n) is 12.2. The Bertz CT molecular complexity index is 566. The summed E-state index contributed by atoms with van der Waals surface area (Å²) in [5, 5.41) is 10.1. The first-order chi connectivity index (χ1) is 10.3. The van der Waals surface area contributed by atoms with E-state index < -0.39 is 5.97 Å². The minimum atomic E-state index is -0.427. The van der Waals surface area contributed by atoms with Gasteiger partial charge in [0.1, 0.15) is 5.69 Å². The summed E-state index contributed by atoms with van der Waals surface area (Å²) in [5.74, 6) is -0.427. The van der Waals surface area contributed by atoms with Crippen LogP contribution in [0.4, 0.5) is 0 Å². The zero-order chi connectivity index (χ0) is 15.1. The van der Waals surface area contributed by atoms with Gasteiger partial charge in [-0.2, -0.15) is 0 Å². The van der Waals surface area contributed by atoms with Gasteiger partial charge >= 0.3 is 5.97 Å². The third kappa shape index (κ3) is 3.89. The van der Waals surface area contributed by atoms with Crippen molar-refractivity contribution in [3.8, 4) is 10.6 Å². The van der Waals surface area contributed by atoms with Crippen LogP contribution in [0.5, 0.6) is 0 Å². The molecule has 2 aromatic heterocycles. The van der Waals surface area contributed by atoms with Gasteiger partial charge in [-0.25, -0.2) is 9.48 Å². The van der Waals surface area contributed by atoms with Crippen LogP contribution in [-0.2, 0) is 16.0 Å². The van der Waals surface area contributed by atoms with Crippen LogP contribution in [0.25, 0.3) is 10.6 Å². The molecule has 2 heterocycles. The number of aromatic nitrogens is 3. The molecule has 0 bridgehead atoms. The van der Waals surface area contributed by atoms with E-state index in [1.807, 2.05) is 17.5 Å². The Kier molecular flexibility index (Phi) is 5.89. The van der Waals surface area contributed by atoms with Gasteiger partial charge in [0.15, 0.2) is 5.69 Å². The quantitative estimate of drug-likeness (QED) is 0.554. The Morgan fingerprint density at radius 3 is 2.95 bits per heavy atom. The van der Waals surface area contributed by atoms with Crippen LogP contribution >= 0.6 is 11.3 Å². The monoisotopic (exact) mass is 309 g/mol. The molecule has 0 unspecified atom stereocenters. The predicted octanol–water partition coefficient (Wildman–Crippen LogP) is 2.61. The second-order valence-corrected chi connectivity index (χ2v) is 5.36. The average Bonchev–Trinajstić information content (AvgIpc) is 3.12. The fraction of sp³-hybridized carbons (Fsp3) is 0.500. The lowest BCUT2D eigenvalue weighted by molar-refractivity contribution is 0.0520. The van der Waals surface area contributed by atoms with Crippen LogP contribution < -0.4 is 0 Å². The number of carbonyl (C=O) groups is 1. The van der Waals surface area contributed by atoms with E-state index in [0.29, 0.717) is 19.8 Å². The molecule has 0 saturated carbocycles. The van der Waals surface area contributed by atoms with Crippen molar-refractivity contribution in [2.45, 2.75) is 26.3 Å². The van der Waals surface area contributed by atoms with Crippen molar-refractivity contribution in [2.75, 3.05) is 20.3 Å². The minimum absolute atomic E-state index is 0.283. The number of aryl methyl sites for hydroxylation is 1. The topological polar surface area (TPSA) is 66.2 Å². The summed E-state index contributed by atoms with van der Waals surface area (Å²) in [6, 6.07) is 3.90. The van der Waals surface area contributed by atoms with Crippen LogP contribution in [0.1, 0.15) is 30.3 Å². The summed E-state index contributed by atoms with van der Waals surface area (Å²) in [7, 11) is 1.69. The highest BCUT2D eigenvalue weighted by Crippen LogP contribution is 2.27. The zero-order valence-corrected chi connectivity index (χ0v) is 13.1. The Balaban J connectivity index is 2.22. The first kappa shape index (κ1) is 15.7. The SMILES string of the molecule is CCOC(=O)c1nnn(CCCCOC)c1-c1cccs1. The maximum atomic E-state index is 12.0. The van der Waals surface area contributed by atoms with E-state index in [1.54, 1.807) is 30.1 Å². The maximum Gasteiger partial charge on any atom is 0.361 e. The van der Waals surface area contributed by atoms with Gasteiger partial charge in [0.25, 0.3) is 0 Å². The van der Waals surface area contributed by atoms with E-state index in [4.69, 9.17) is 9.47 Å². The number of nitrogens with zero attached hydrogens (tertiary/aromatic N) is 3. The number of ether oxygens (including phenoxy) is 2. The van der Waals surface area contributed by atoms with E-state index >= 15 is 0 Å². The van der Waals surface area contributed by atoms with Gasteiger partial charge in [-0.1, -0.05) is 11.3 Å². The third-order valence-electron chi connectivity index (χ3n) is 2.93. The van der Waals surface area contributed by atoms with Crippen LogP contribution in [0.3, 0.4) is 0 Å². The van der Waals surface area contributed by atoms with Gasteiger partial charge in [-0.3, -0.25) is 0 Å². The van der Waals surface area contributed by atoms with E-state index in [1.165, 1.54) is 0 Å². The molecule has 0 saturated heterocycles. The standard InChI is InChI=1S/C14H19N3O3S/c1-3-20-14(18)12-13(11-7-6-10-21-11)17(16-15-12)8-4-5-9-19-2/h6-7,10H,3-5,8-9H2,1-2H3. The molecule has 2 rings (SSSR count). The highest BCUT2D eigenvalue weighted by molar-refractivity contribution is 7.13. The molecule has 2 aromatic rings. The molecule has 0 aliphatic rings. The van der Waals surface area contributed by atoms with Crippen molar-refractivity contribution in [2.24, 2.45) is 0 Å². The second kappa shape index (κ2) is 7.90. The lowest BCUT2D eigenvalue weighted by Gasteiger charge is -2.06. The molecule has 0 radical (unpaired) electrons. The van der Waals surface area contributed by atoms with Gasteiger partial charge in [0.05, 0.1) is 11.5 Å². The maximum absolute atomic E-state index is 12.0. The second-order valence-electron chi connectivity index (χ2n) is 4.41. The summed E-state index contributed by atoms with van der Waals surface area (Å²) in [4.78, 5) is 13.0. The van der Waals surface area contributed by atoms with Gasteiger partial charge in [0.2, 0.25) is 0 Å². The molecule has 6 nitrogen and oxygen atoms in total. The number of unbranched alkanes of at least 4 members (excludes halogenated alkanes) is 1. The van der Waals surface area contributed by atoms with Crippen molar-refractivity contribution in [3.05, 3.63) is 23.2 Å². The lowest BCUT2D eigenvalue weighted by Crippen LogP contribution is -2.08. The fourth-order valence-electron chi connectivity index (χ4n) is 1.97. The molecular formula is C14H19N3O3S. The molecule has 0 atom stereocenters. The van der Waals surface area contributed by atoms with Gasteiger partial charge in [-0.05, 0) is 31.2 Å². The molecule has 0 N–H and O–H groups in total. The molecule has 114 valence electrons. The van der Waals surface area contributed by atoms with Crippen molar-refractivity contribution in [3.63, 3.8) is 0 Å². The summed E-state index contributed by atoms with van der Waals surface area (Å²) in [5.41, 5.74) is 1.02. The molecular weight excluding hydrogens is 290 g/mol. The number of carbonyl (C=O) groups excluding carboxylic acids is 1. The van der Waals surface area contributed by atoms with Crippen molar-refractivity contribution in [1.29, 1.82) is 0 Å². The number of hydrogen-bond acceptors (Lipinski definition) is 6. The highest BCUT2D eigenvalue weighted by atomic mass is 32.1. The van der Waals surface area contributed by atoms with Crippen LogP contribution in [0, 0.1) is 0 Å². The molecule has 21 heavy (non-hydrogen) atoms. The summed E-state index contributed by atoms with van der Waals surface area (Å²) >= 11 is 1.55. The molecule has 0 amide bonds. The summed E-state index contributed by atoms with van der Waals surface area (Å²) < 4.78 is 11.9. The van der Waals surface area contributed by atoms with Crippen LogP contribution in [0.15, 0.2) is 17.5 Å². The normalized spacial score (nSPS) is 10.8. The van der Waals surface area contributed by atoms with Gasteiger partial charge in [0, 0.05) is 20.3 Å². The predicted molar refractivity (Wildman–Crippen MR) is 80.4 cm³/mol. The van der Waals surface area contributed by atoms with E-state index in [9.17, 15) is 4.79 Å². The molecule has 0 aliphatic carbocycles. The van der Waals surface area contributed by atoms with Crippen molar-refractivity contribution in [1.82, 2.24) is 15.0 Å². The van der Waals surface area contributed by atoms with Crippen LogP contribution in [-0.4, -0.2) is 41.3 Å². The smallest absolute Gasteiger partial charge is 0.361 e. The Labute approximate surface area is 127 Å². The Morgan fingerprint density at radius 2 is 2.29 bits per heavy atom. The fourth-order valence-corrected chi connectivity index (χ4v) is 2.75. The molecule has 0 fully saturated rings. The highest BCUT2D eigenvalue weighted by Gasteiger charge is 2.22. The largest absolute Gasteiger partial charge is 0.461 e. The van der Waals surface area contributed by atoms with E-state index in [0.717, 1.165) is 23.4 Å². The number of rotatable bonds is 8. The first-order valence-electron chi connectivity index (χ1n) is 6.91. The van der Waals surface area contributed by atoms with Crippen molar-refractivity contribution < 1.29 is 14.3 Å². The number of thiophene rings is 1. The van der Waals surface area contributed by atoms with Crippen LogP contribution in [0.2, 0.25) is 0 Å². The average molecular weight is 309 g/mol. The lowest BCUT2D eigenvalue weighted by atomic mass is 10.2. The molecule has 0 aromatic carbocycles. The summed E-state index contributed by atoms with van der Waals surface area (Å²) in [6.07, 6.45) is 1.85. The Morgan fingerprint density at radius 1 is 1.43 bits per heavy atom. The number of methoxy groups -OCH3 is 1. The van der Waals surface area contributed by atoms with E-state index in [2.05, 4.69) is 10.3 Å². The Hall–Kier alpha value is -1.73. The number of esters is 1. The minimum Gasteiger partial charge on any atom is -0.461 e.